The number of hydrogen-bond acceptors (Lipinski definition) is 5. The highest BCUT2D eigenvalue weighted by atomic mass is 32.2. The molecule has 1 heterocycles. The molecule has 1 aromatic carbocycles. The Morgan fingerprint density at radius 2 is 2.00 bits per heavy atom. The molecule has 0 saturated carbocycles. The molecular formula is C16H17NO3S2. The van der Waals surface area contributed by atoms with Crippen molar-refractivity contribution < 1.29 is 14.3 Å². The molecule has 1 N–H and O–H groups in total. The monoisotopic (exact) mass is 335 g/mol. The van der Waals surface area contributed by atoms with Gasteiger partial charge in [-0.2, -0.15) is 0 Å². The summed E-state index contributed by atoms with van der Waals surface area (Å²) in [5.74, 6) is -0.772. The molecule has 1 amide bonds. The van der Waals surface area contributed by atoms with Gasteiger partial charge in [-0.1, -0.05) is 6.07 Å². The van der Waals surface area contributed by atoms with Crippen molar-refractivity contribution in [1.82, 2.24) is 5.32 Å². The van der Waals surface area contributed by atoms with Crippen LogP contribution < -0.4 is 5.32 Å². The number of thioether (sulfide) groups is 1. The maximum Gasteiger partial charge on any atom is 0.338 e. The Morgan fingerprint density at radius 3 is 2.64 bits per heavy atom. The molecule has 0 fully saturated rings. The topological polar surface area (TPSA) is 55.4 Å². The summed E-state index contributed by atoms with van der Waals surface area (Å²) in [6.45, 7) is 0.285. The molecule has 2 rings (SSSR count). The van der Waals surface area contributed by atoms with E-state index in [4.69, 9.17) is 4.74 Å². The number of amides is 1. The zero-order chi connectivity index (χ0) is 15.8. The van der Waals surface area contributed by atoms with Gasteiger partial charge in [0.15, 0.2) is 6.61 Å². The van der Waals surface area contributed by atoms with Crippen molar-refractivity contribution in [1.29, 1.82) is 0 Å². The SMILES string of the molecule is CSc1ccc(C(=O)OCC(=O)NCCc2cccs2)cc1. The molecule has 1 aromatic heterocycles. The summed E-state index contributed by atoms with van der Waals surface area (Å²) in [5.41, 5.74) is 0.448. The molecule has 0 aliphatic carbocycles. The van der Waals surface area contributed by atoms with Crippen LogP contribution in [0.5, 0.6) is 0 Å². The summed E-state index contributed by atoms with van der Waals surface area (Å²) in [4.78, 5) is 25.7. The number of nitrogens with one attached hydrogen (secondary N) is 1. The minimum Gasteiger partial charge on any atom is -0.452 e. The second kappa shape index (κ2) is 8.60. The molecule has 6 heteroatoms. The molecule has 0 unspecified atom stereocenters. The number of carbonyl (C=O) groups excluding carboxylic acids is 2. The highest BCUT2D eigenvalue weighted by molar-refractivity contribution is 7.98. The molecule has 0 bridgehead atoms. The van der Waals surface area contributed by atoms with Crippen LogP contribution >= 0.6 is 23.1 Å². The molecule has 0 aliphatic rings. The van der Waals surface area contributed by atoms with E-state index in [0.29, 0.717) is 12.1 Å². The molecule has 116 valence electrons. The second-order valence-electron chi connectivity index (χ2n) is 4.48. The van der Waals surface area contributed by atoms with E-state index in [0.717, 1.165) is 11.3 Å². The Kier molecular flexibility index (Phi) is 6.48. The van der Waals surface area contributed by atoms with Crippen LogP contribution in [0.3, 0.4) is 0 Å². The van der Waals surface area contributed by atoms with Crippen LogP contribution in [0.4, 0.5) is 0 Å². The Labute approximate surface area is 137 Å². The largest absolute Gasteiger partial charge is 0.452 e. The summed E-state index contributed by atoms with van der Waals surface area (Å²) in [6, 6.07) is 11.1. The molecular weight excluding hydrogens is 318 g/mol. The Balaban J connectivity index is 1.69. The third-order valence-electron chi connectivity index (χ3n) is 2.93. The van der Waals surface area contributed by atoms with Gasteiger partial charge in [-0.25, -0.2) is 4.79 Å². The molecule has 0 radical (unpaired) electrons. The van der Waals surface area contributed by atoms with Crippen molar-refractivity contribution in [2.24, 2.45) is 0 Å². The van der Waals surface area contributed by atoms with Crippen molar-refractivity contribution in [3.63, 3.8) is 0 Å². The van der Waals surface area contributed by atoms with Crippen LogP contribution in [0.2, 0.25) is 0 Å². The zero-order valence-corrected chi connectivity index (χ0v) is 13.8. The van der Waals surface area contributed by atoms with Gasteiger partial charge in [-0.15, -0.1) is 23.1 Å². The van der Waals surface area contributed by atoms with Crippen molar-refractivity contribution in [2.75, 3.05) is 19.4 Å². The number of hydrogen-bond donors (Lipinski definition) is 1. The number of esters is 1. The predicted octanol–water partition coefficient (Wildman–Crippen LogP) is 2.99. The average molecular weight is 335 g/mol. The third-order valence-corrected chi connectivity index (χ3v) is 4.61. The minimum absolute atomic E-state index is 0.256. The summed E-state index contributed by atoms with van der Waals surface area (Å²) in [5, 5.41) is 4.73. The Morgan fingerprint density at radius 1 is 1.23 bits per heavy atom. The summed E-state index contributed by atoms with van der Waals surface area (Å²) in [7, 11) is 0. The maximum absolute atomic E-state index is 11.8. The van der Waals surface area contributed by atoms with Crippen LogP contribution in [0.25, 0.3) is 0 Å². The highest BCUT2D eigenvalue weighted by Gasteiger charge is 2.09. The Hall–Kier alpha value is -1.79. The molecule has 4 nitrogen and oxygen atoms in total. The summed E-state index contributed by atoms with van der Waals surface area (Å²) < 4.78 is 5.00. The molecule has 0 spiro atoms. The first-order chi connectivity index (χ1) is 10.7. The molecule has 0 saturated heterocycles. The molecule has 0 aliphatic heterocycles. The number of thiophene rings is 1. The second-order valence-corrected chi connectivity index (χ2v) is 6.40. The number of benzene rings is 1. The third kappa shape index (κ3) is 5.20. The fourth-order valence-corrected chi connectivity index (χ4v) is 2.89. The van der Waals surface area contributed by atoms with Gasteiger partial charge in [0, 0.05) is 16.3 Å². The van der Waals surface area contributed by atoms with Gasteiger partial charge in [-0.05, 0) is 48.4 Å². The van der Waals surface area contributed by atoms with Crippen molar-refractivity contribution in [3.05, 3.63) is 52.2 Å². The van der Waals surface area contributed by atoms with Crippen LogP contribution in [-0.4, -0.2) is 31.3 Å². The zero-order valence-electron chi connectivity index (χ0n) is 12.2. The smallest absolute Gasteiger partial charge is 0.338 e. The van der Waals surface area contributed by atoms with Crippen LogP contribution in [-0.2, 0) is 16.0 Å². The van der Waals surface area contributed by atoms with E-state index >= 15 is 0 Å². The standard InChI is InChI=1S/C16H17NO3S2/c1-21-13-6-4-12(5-7-13)16(19)20-11-15(18)17-9-8-14-3-2-10-22-14/h2-7,10H,8-9,11H2,1H3,(H,17,18). The van der Waals surface area contributed by atoms with Gasteiger partial charge >= 0.3 is 5.97 Å². The van der Waals surface area contributed by atoms with Crippen molar-refractivity contribution in [2.45, 2.75) is 11.3 Å². The number of carbonyl (C=O) groups is 2. The van der Waals surface area contributed by atoms with Crippen LogP contribution in [0.15, 0.2) is 46.7 Å². The molecule has 22 heavy (non-hydrogen) atoms. The van der Waals surface area contributed by atoms with Crippen LogP contribution in [0, 0.1) is 0 Å². The highest BCUT2D eigenvalue weighted by Crippen LogP contribution is 2.15. The lowest BCUT2D eigenvalue weighted by Crippen LogP contribution is -2.30. The van der Waals surface area contributed by atoms with Crippen molar-refractivity contribution >= 4 is 35.0 Å². The van der Waals surface area contributed by atoms with E-state index in [2.05, 4.69) is 5.32 Å². The molecule has 0 atom stereocenters. The number of rotatable bonds is 7. The van der Waals surface area contributed by atoms with E-state index in [9.17, 15) is 9.59 Å². The van der Waals surface area contributed by atoms with Crippen LogP contribution in [0.1, 0.15) is 15.2 Å². The lowest BCUT2D eigenvalue weighted by atomic mass is 10.2. The lowest BCUT2D eigenvalue weighted by molar-refractivity contribution is -0.124. The fraction of sp³-hybridized carbons (Fsp3) is 0.250. The van der Waals surface area contributed by atoms with E-state index in [1.807, 2.05) is 35.9 Å². The molecule has 2 aromatic rings. The van der Waals surface area contributed by atoms with Crippen molar-refractivity contribution in [3.8, 4) is 0 Å². The van der Waals surface area contributed by atoms with E-state index < -0.39 is 5.97 Å². The van der Waals surface area contributed by atoms with E-state index in [-0.39, 0.29) is 12.5 Å². The van der Waals surface area contributed by atoms with Gasteiger partial charge in [0.1, 0.15) is 0 Å². The van der Waals surface area contributed by atoms with Gasteiger partial charge < -0.3 is 10.1 Å². The van der Waals surface area contributed by atoms with Gasteiger partial charge in [0.25, 0.3) is 5.91 Å². The first-order valence-electron chi connectivity index (χ1n) is 6.79. The Bertz CT molecular complexity index is 609. The summed E-state index contributed by atoms with van der Waals surface area (Å²) >= 11 is 3.25. The van der Waals surface area contributed by atoms with Gasteiger partial charge in [0.2, 0.25) is 0 Å². The summed E-state index contributed by atoms with van der Waals surface area (Å²) in [6.07, 6.45) is 2.75. The first-order valence-corrected chi connectivity index (χ1v) is 8.90. The van der Waals surface area contributed by atoms with E-state index in [1.54, 1.807) is 35.2 Å². The van der Waals surface area contributed by atoms with E-state index in [1.165, 1.54) is 4.88 Å². The fourth-order valence-electron chi connectivity index (χ4n) is 1.77. The average Bonchev–Trinajstić information content (AvgIpc) is 3.06. The quantitative estimate of drug-likeness (QED) is 0.624. The minimum atomic E-state index is -0.485. The predicted molar refractivity (Wildman–Crippen MR) is 89.5 cm³/mol. The lowest BCUT2D eigenvalue weighted by Gasteiger charge is -2.06. The number of ether oxygens (including phenoxy) is 1. The van der Waals surface area contributed by atoms with Gasteiger partial charge in [0.05, 0.1) is 5.56 Å². The first kappa shape index (κ1) is 16.6. The normalized spacial score (nSPS) is 10.2. The van der Waals surface area contributed by atoms with Gasteiger partial charge in [-0.3, -0.25) is 4.79 Å². The maximum atomic E-state index is 11.8.